The Labute approximate surface area is 223 Å². The number of ether oxygens (including phenoxy) is 1. The molecule has 3 rings (SSSR count). The third kappa shape index (κ3) is 7.90. The molecule has 0 radical (unpaired) electrons. The number of esters is 1. The Morgan fingerprint density at radius 2 is 1.74 bits per heavy atom. The number of rotatable bonds is 10. The second-order valence-electron chi connectivity index (χ2n) is 8.71. The van der Waals surface area contributed by atoms with E-state index >= 15 is 0 Å². The Hall–Kier alpha value is -3.71. The summed E-state index contributed by atoms with van der Waals surface area (Å²) in [4.78, 5) is 36.3. The SMILES string of the molecule is Cn1[nH]c(C(=O)N[C@H](Cc2ccc(-c3cccc(Cl)c3)cc2)C[C@@H](O)C(=O)OCC(F)(F)C(F)(F)F)cc1=O. The number of amides is 1. The molecule has 0 fully saturated rings. The smallest absolute Gasteiger partial charge is 0.456 e. The first-order chi connectivity index (χ1) is 18.2. The van der Waals surface area contributed by atoms with Gasteiger partial charge in [-0.05, 0) is 35.2 Å². The molecule has 8 nitrogen and oxygen atoms in total. The van der Waals surface area contributed by atoms with Gasteiger partial charge in [0.15, 0.2) is 12.7 Å². The average Bonchev–Trinajstić information content (AvgIpc) is 3.20. The normalized spacial score (nSPS) is 13.5. The Morgan fingerprint density at radius 3 is 2.31 bits per heavy atom. The topological polar surface area (TPSA) is 113 Å². The van der Waals surface area contributed by atoms with E-state index in [4.69, 9.17) is 11.6 Å². The number of alkyl halides is 5. The van der Waals surface area contributed by atoms with E-state index in [-0.39, 0.29) is 12.1 Å². The molecule has 210 valence electrons. The fraction of sp³-hybridized carbons (Fsp3) is 0.320. The van der Waals surface area contributed by atoms with Gasteiger partial charge in [-0.15, -0.1) is 0 Å². The number of aliphatic hydroxyl groups is 1. The van der Waals surface area contributed by atoms with E-state index in [9.17, 15) is 41.4 Å². The van der Waals surface area contributed by atoms with Crippen LogP contribution in [-0.4, -0.2) is 57.6 Å². The van der Waals surface area contributed by atoms with Crippen LogP contribution < -0.4 is 10.9 Å². The first-order valence-electron chi connectivity index (χ1n) is 11.4. The molecule has 3 aromatic rings. The second kappa shape index (κ2) is 12.0. The standard InChI is InChI=1S/C25H23ClF5N3O5/c1-34-21(36)12-19(33-34)22(37)32-18(11-20(35)23(38)39-13-24(27,28)25(29,30)31)9-14-5-7-15(8-6-14)16-3-2-4-17(26)10-16/h2-8,10,12,18,20,33,35H,9,11,13H2,1H3,(H,32,37)/t18-,20-/m1/s1. The van der Waals surface area contributed by atoms with E-state index in [1.165, 1.54) is 7.05 Å². The van der Waals surface area contributed by atoms with Crippen LogP contribution >= 0.6 is 11.6 Å². The number of halogens is 6. The highest BCUT2D eigenvalue weighted by Crippen LogP contribution is 2.35. The van der Waals surface area contributed by atoms with Gasteiger partial charge in [0.05, 0.1) is 0 Å². The molecule has 0 aliphatic rings. The molecule has 0 saturated carbocycles. The van der Waals surface area contributed by atoms with Gasteiger partial charge in [-0.3, -0.25) is 19.4 Å². The predicted molar refractivity (Wildman–Crippen MR) is 130 cm³/mol. The molecule has 0 aliphatic heterocycles. The van der Waals surface area contributed by atoms with Gasteiger partial charge in [-0.1, -0.05) is 48.0 Å². The van der Waals surface area contributed by atoms with E-state index in [2.05, 4.69) is 15.2 Å². The first kappa shape index (κ1) is 29.8. The highest BCUT2D eigenvalue weighted by Gasteiger charge is 2.58. The van der Waals surface area contributed by atoms with E-state index in [1.54, 1.807) is 42.5 Å². The minimum Gasteiger partial charge on any atom is -0.457 e. The van der Waals surface area contributed by atoms with Gasteiger partial charge in [0.1, 0.15) is 5.69 Å². The zero-order chi connectivity index (χ0) is 29.0. The first-order valence-corrected chi connectivity index (χ1v) is 11.7. The molecule has 39 heavy (non-hydrogen) atoms. The molecule has 1 amide bonds. The highest BCUT2D eigenvalue weighted by molar-refractivity contribution is 6.30. The van der Waals surface area contributed by atoms with Crippen LogP contribution in [0.15, 0.2) is 59.4 Å². The zero-order valence-corrected chi connectivity index (χ0v) is 21.0. The van der Waals surface area contributed by atoms with Gasteiger partial charge in [-0.2, -0.15) is 22.0 Å². The molecule has 3 N–H and O–H groups in total. The summed E-state index contributed by atoms with van der Waals surface area (Å²) >= 11 is 6.03. The quantitative estimate of drug-likeness (QED) is 0.251. The maximum absolute atomic E-state index is 13.1. The van der Waals surface area contributed by atoms with Crippen LogP contribution in [0.5, 0.6) is 0 Å². The summed E-state index contributed by atoms with van der Waals surface area (Å²) in [6, 6.07) is 14.0. The Balaban J connectivity index is 1.75. The van der Waals surface area contributed by atoms with Crippen molar-refractivity contribution in [2.24, 2.45) is 7.05 Å². The number of hydrogen-bond donors (Lipinski definition) is 3. The van der Waals surface area contributed by atoms with Crippen molar-refractivity contribution >= 4 is 23.5 Å². The van der Waals surface area contributed by atoms with Crippen molar-refractivity contribution in [1.29, 1.82) is 0 Å². The lowest BCUT2D eigenvalue weighted by atomic mass is 9.97. The molecule has 2 aromatic carbocycles. The molecule has 0 saturated heterocycles. The van der Waals surface area contributed by atoms with Crippen LogP contribution in [0.2, 0.25) is 5.02 Å². The Morgan fingerprint density at radius 1 is 1.08 bits per heavy atom. The number of benzene rings is 2. The van der Waals surface area contributed by atoms with Gasteiger partial charge < -0.3 is 15.2 Å². The molecular formula is C25H23ClF5N3O5. The van der Waals surface area contributed by atoms with Crippen molar-refractivity contribution in [2.75, 3.05) is 6.61 Å². The summed E-state index contributed by atoms with van der Waals surface area (Å²) < 4.78 is 68.3. The monoisotopic (exact) mass is 575 g/mol. The third-order valence-electron chi connectivity index (χ3n) is 5.65. The molecule has 0 aliphatic carbocycles. The van der Waals surface area contributed by atoms with Crippen LogP contribution in [0, 0.1) is 0 Å². The van der Waals surface area contributed by atoms with Crippen LogP contribution in [-0.2, 0) is 23.0 Å². The summed E-state index contributed by atoms with van der Waals surface area (Å²) in [6.45, 7) is -2.31. The van der Waals surface area contributed by atoms with E-state index in [0.717, 1.165) is 21.9 Å². The molecule has 1 heterocycles. The van der Waals surface area contributed by atoms with Gasteiger partial charge in [0.2, 0.25) is 0 Å². The van der Waals surface area contributed by atoms with E-state index in [1.807, 2.05) is 6.07 Å². The van der Waals surface area contributed by atoms with Crippen molar-refractivity contribution in [3.8, 4) is 11.1 Å². The van der Waals surface area contributed by atoms with Gasteiger partial charge >= 0.3 is 18.1 Å². The van der Waals surface area contributed by atoms with Gasteiger partial charge in [-0.25, -0.2) is 4.79 Å². The highest BCUT2D eigenvalue weighted by atomic mass is 35.5. The van der Waals surface area contributed by atoms with Crippen LogP contribution in [0.1, 0.15) is 22.5 Å². The number of aryl methyl sites for hydroxylation is 1. The van der Waals surface area contributed by atoms with Crippen molar-refractivity contribution in [3.05, 3.63) is 81.2 Å². The maximum Gasteiger partial charge on any atom is 0.456 e. The fourth-order valence-electron chi connectivity index (χ4n) is 3.55. The third-order valence-corrected chi connectivity index (χ3v) is 5.89. The molecule has 2 atom stereocenters. The van der Waals surface area contributed by atoms with Crippen molar-refractivity contribution in [1.82, 2.24) is 15.1 Å². The Bertz CT molecular complexity index is 1370. The molecule has 0 unspecified atom stereocenters. The lowest BCUT2D eigenvalue weighted by Gasteiger charge is -2.23. The molecular weight excluding hydrogens is 553 g/mol. The average molecular weight is 576 g/mol. The van der Waals surface area contributed by atoms with Crippen LogP contribution in [0.4, 0.5) is 22.0 Å². The summed E-state index contributed by atoms with van der Waals surface area (Å²) in [5.74, 6) is -7.81. The number of aromatic amines is 1. The molecule has 14 heteroatoms. The number of aromatic nitrogens is 2. The van der Waals surface area contributed by atoms with Crippen LogP contribution in [0.3, 0.4) is 0 Å². The van der Waals surface area contributed by atoms with Crippen LogP contribution in [0.25, 0.3) is 11.1 Å². The largest absolute Gasteiger partial charge is 0.457 e. The summed E-state index contributed by atoms with van der Waals surface area (Å²) in [6.07, 6.45) is -8.66. The maximum atomic E-state index is 13.1. The van der Waals surface area contributed by atoms with Crippen molar-refractivity contribution < 1.29 is 41.4 Å². The minimum absolute atomic E-state index is 0.0156. The second-order valence-corrected chi connectivity index (χ2v) is 9.15. The number of nitrogens with one attached hydrogen (secondary N) is 2. The zero-order valence-electron chi connectivity index (χ0n) is 20.3. The summed E-state index contributed by atoms with van der Waals surface area (Å²) in [7, 11) is 1.37. The molecule has 0 bridgehead atoms. The van der Waals surface area contributed by atoms with Gasteiger partial charge in [0, 0.05) is 30.6 Å². The summed E-state index contributed by atoms with van der Waals surface area (Å²) in [5.41, 5.74) is 1.63. The number of aliphatic hydroxyl groups excluding tert-OH is 1. The number of carbonyl (C=O) groups excluding carboxylic acids is 2. The lowest BCUT2D eigenvalue weighted by Crippen LogP contribution is -2.44. The number of hydrogen-bond acceptors (Lipinski definition) is 5. The molecule has 0 spiro atoms. The Kier molecular flexibility index (Phi) is 9.18. The number of carbonyl (C=O) groups is 2. The number of nitrogens with zero attached hydrogens (tertiary/aromatic N) is 1. The summed E-state index contributed by atoms with van der Waals surface area (Å²) in [5, 5.41) is 15.8. The minimum atomic E-state index is -5.95. The van der Waals surface area contributed by atoms with E-state index in [0.29, 0.717) is 10.6 Å². The molecule has 1 aromatic heterocycles. The van der Waals surface area contributed by atoms with Crippen molar-refractivity contribution in [3.63, 3.8) is 0 Å². The predicted octanol–water partition coefficient (Wildman–Crippen LogP) is 3.87. The van der Waals surface area contributed by atoms with Crippen molar-refractivity contribution in [2.45, 2.75) is 37.1 Å². The van der Waals surface area contributed by atoms with Gasteiger partial charge in [0.25, 0.3) is 11.5 Å². The fourth-order valence-corrected chi connectivity index (χ4v) is 3.74. The van der Waals surface area contributed by atoms with E-state index < -0.39 is 54.7 Å². The lowest BCUT2D eigenvalue weighted by molar-refractivity contribution is -0.294. The number of H-pyrrole nitrogens is 1.